The quantitative estimate of drug-likeness (QED) is 0.864. The normalized spacial score (nSPS) is 19.2. The topological polar surface area (TPSA) is 52.2 Å². The molecule has 0 aliphatic carbocycles. The van der Waals surface area contributed by atoms with Gasteiger partial charge in [0, 0.05) is 44.8 Å². The average Bonchev–Trinajstić information content (AvgIpc) is 3.08. The molecular formula is C20H27FN4O. The number of aromatic amines is 1. The summed E-state index contributed by atoms with van der Waals surface area (Å²) in [5.74, 6) is 0.287. The van der Waals surface area contributed by atoms with E-state index in [4.69, 9.17) is 0 Å². The molecule has 2 heterocycles. The summed E-state index contributed by atoms with van der Waals surface area (Å²) >= 11 is 0. The molecule has 0 saturated carbocycles. The maximum absolute atomic E-state index is 13.2. The van der Waals surface area contributed by atoms with Gasteiger partial charge in [0.15, 0.2) is 0 Å². The maximum atomic E-state index is 13.2. The van der Waals surface area contributed by atoms with Gasteiger partial charge in [-0.25, -0.2) is 4.39 Å². The van der Waals surface area contributed by atoms with Crippen molar-refractivity contribution in [2.75, 3.05) is 19.6 Å². The molecule has 1 aromatic heterocycles. The van der Waals surface area contributed by atoms with Crippen LogP contribution in [0.1, 0.15) is 31.4 Å². The molecule has 1 atom stereocenters. The van der Waals surface area contributed by atoms with Gasteiger partial charge in [-0.05, 0) is 35.6 Å². The van der Waals surface area contributed by atoms with Crippen LogP contribution in [0.3, 0.4) is 0 Å². The molecule has 0 radical (unpaired) electrons. The fourth-order valence-corrected chi connectivity index (χ4v) is 3.50. The largest absolute Gasteiger partial charge is 0.334 e. The highest BCUT2D eigenvalue weighted by atomic mass is 19.1. The fourth-order valence-electron chi connectivity index (χ4n) is 3.50. The number of halogens is 1. The van der Waals surface area contributed by atoms with E-state index in [1.165, 1.54) is 17.7 Å². The number of hydrogen-bond acceptors (Lipinski definition) is 3. The molecule has 1 aliphatic heterocycles. The fraction of sp³-hybridized carbons (Fsp3) is 0.500. The summed E-state index contributed by atoms with van der Waals surface area (Å²) in [5, 5.41) is 6.84. The van der Waals surface area contributed by atoms with Gasteiger partial charge in [0.2, 0.25) is 5.91 Å². The predicted molar refractivity (Wildman–Crippen MR) is 98.9 cm³/mol. The van der Waals surface area contributed by atoms with Crippen LogP contribution >= 0.6 is 0 Å². The third-order valence-electron chi connectivity index (χ3n) is 5.12. The zero-order valence-electron chi connectivity index (χ0n) is 15.5. The lowest BCUT2D eigenvalue weighted by molar-refractivity contribution is -0.134. The standard InChI is InChI=1S/C20H27FN4O/c1-15(2)19-14-24(9-7-17-11-22-23-12-17)10-8-20(26)25(19)13-16-3-5-18(21)6-4-16/h3-6,11-12,15,19H,7-10,13-14H2,1-2H3,(H,22,23)/t19-/m0/s1. The SMILES string of the molecule is CC(C)[C@@H]1CN(CCc2cn[nH]c2)CCC(=O)N1Cc1ccc(F)cc1. The Balaban J connectivity index is 1.69. The van der Waals surface area contributed by atoms with Crippen molar-refractivity contribution >= 4 is 5.91 Å². The number of carbonyl (C=O) groups excluding carboxylic acids is 1. The van der Waals surface area contributed by atoms with E-state index >= 15 is 0 Å². The maximum Gasteiger partial charge on any atom is 0.224 e. The van der Waals surface area contributed by atoms with E-state index in [0.29, 0.717) is 18.9 Å². The molecule has 1 N–H and O–H groups in total. The lowest BCUT2D eigenvalue weighted by Gasteiger charge is -2.35. The minimum Gasteiger partial charge on any atom is -0.334 e. The van der Waals surface area contributed by atoms with Crippen molar-refractivity contribution in [3.63, 3.8) is 0 Å². The molecule has 26 heavy (non-hydrogen) atoms. The Bertz CT molecular complexity index is 699. The van der Waals surface area contributed by atoms with Gasteiger partial charge < -0.3 is 9.80 Å². The van der Waals surface area contributed by atoms with Crippen LogP contribution in [0, 0.1) is 11.7 Å². The Hall–Kier alpha value is -2.21. The smallest absolute Gasteiger partial charge is 0.224 e. The third kappa shape index (κ3) is 4.69. The first-order valence-corrected chi connectivity index (χ1v) is 9.27. The molecule has 6 heteroatoms. The van der Waals surface area contributed by atoms with Gasteiger partial charge in [-0.2, -0.15) is 5.10 Å². The minimum absolute atomic E-state index is 0.152. The van der Waals surface area contributed by atoms with Crippen molar-refractivity contribution < 1.29 is 9.18 Å². The summed E-state index contributed by atoms with van der Waals surface area (Å²) in [7, 11) is 0. The van der Waals surface area contributed by atoms with Crippen LogP contribution in [0.2, 0.25) is 0 Å². The van der Waals surface area contributed by atoms with E-state index in [2.05, 4.69) is 28.9 Å². The molecule has 1 saturated heterocycles. The van der Waals surface area contributed by atoms with Gasteiger partial charge in [-0.1, -0.05) is 26.0 Å². The lowest BCUT2D eigenvalue weighted by Crippen LogP contribution is -2.46. The number of amides is 1. The molecule has 1 aliphatic rings. The van der Waals surface area contributed by atoms with Crippen molar-refractivity contribution in [1.82, 2.24) is 20.0 Å². The van der Waals surface area contributed by atoms with Crippen LogP contribution in [0.15, 0.2) is 36.7 Å². The molecule has 0 spiro atoms. The number of H-pyrrole nitrogens is 1. The summed E-state index contributed by atoms with van der Waals surface area (Å²) in [6.07, 6.45) is 5.22. The van der Waals surface area contributed by atoms with Crippen molar-refractivity contribution in [3.8, 4) is 0 Å². The van der Waals surface area contributed by atoms with E-state index in [1.807, 2.05) is 17.3 Å². The Morgan fingerprint density at radius 1 is 1.27 bits per heavy atom. The van der Waals surface area contributed by atoms with Crippen LogP contribution in [0.4, 0.5) is 4.39 Å². The second-order valence-electron chi connectivity index (χ2n) is 7.37. The average molecular weight is 358 g/mol. The molecule has 1 amide bonds. The molecule has 5 nitrogen and oxygen atoms in total. The van der Waals surface area contributed by atoms with E-state index in [9.17, 15) is 9.18 Å². The highest BCUT2D eigenvalue weighted by Crippen LogP contribution is 2.21. The van der Waals surface area contributed by atoms with Gasteiger partial charge in [-0.15, -0.1) is 0 Å². The number of nitrogens with zero attached hydrogens (tertiary/aromatic N) is 3. The van der Waals surface area contributed by atoms with E-state index in [-0.39, 0.29) is 17.8 Å². The summed E-state index contributed by atoms with van der Waals surface area (Å²) in [4.78, 5) is 17.1. The Kier molecular flexibility index (Phi) is 6.04. The molecule has 1 fully saturated rings. The van der Waals surface area contributed by atoms with Crippen molar-refractivity contribution in [2.45, 2.75) is 39.3 Å². The van der Waals surface area contributed by atoms with Crippen molar-refractivity contribution in [3.05, 3.63) is 53.6 Å². The number of rotatable bonds is 6. The zero-order valence-corrected chi connectivity index (χ0v) is 15.5. The van der Waals surface area contributed by atoms with Crippen LogP contribution in [0.5, 0.6) is 0 Å². The Morgan fingerprint density at radius 3 is 2.69 bits per heavy atom. The summed E-state index contributed by atoms with van der Waals surface area (Å²) in [5.41, 5.74) is 2.15. The van der Waals surface area contributed by atoms with Gasteiger partial charge >= 0.3 is 0 Å². The molecule has 140 valence electrons. The number of benzene rings is 1. The second-order valence-corrected chi connectivity index (χ2v) is 7.37. The molecule has 0 unspecified atom stereocenters. The van der Waals surface area contributed by atoms with Crippen molar-refractivity contribution in [2.24, 2.45) is 5.92 Å². The summed E-state index contributed by atoms with van der Waals surface area (Å²) < 4.78 is 13.2. The molecular weight excluding hydrogens is 331 g/mol. The first kappa shape index (κ1) is 18.6. The van der Waals surface area contributed by atoms with Crippen LogP contribution in [0.25, 0.3) is 0 Å². The van der Waals surface area contributed by atoms with Crippen LogP contribution < -0.4 is 0 Å². The van der Waals surface area contributed by atoms with E-state index in [0.717, 1.165) is 31.6 Å². The van der Waals surface area contributed by atoms with Crippen LogP contribution in [-0.2, 0) is 17.8 Å². The first-order valence-electron chi connectivity index (χ1n) is 9.27. The van der Waals surface area contributed by atoms with Gasteiger partial charge in [0.05, 0.1) is 6.20 Å². The van der Waals surface area contributed by atoms with E-state index < -0.39 is 0 Å². The van der Waals surface area contributed by atoms with Gasteiger partial charge in [0.25, 0.3) is 0 Å². The monoisotopic (exact) mass is 358 g/mol. The molecule has 1 aromatic carbocycles. The lowest BCUT2D eigenvalue weighted by atomic mass is 10.0. The van der Waals surface area contributed by atoms with E-state index in [1.54, 1.807) is 12.1 Å². The van der Waals surface area contributed by atoms with Gasteiger partial charge in [-0.3, -0.25) is 9.89 Å². The Morgan fingerprint density at radius 2 is 2.04 bits per heavy atom. The Labute approximate surface area is 154 Å². The van der Waals surface area contributed by atoms with Gasteiger partial charge in [0.1, 0.15) is 5.82 Å². The summed E-state index contributed by atoms with van der Waals surface area (Å²) in [6, 6.07) is 6.60. The number of nitrogens with one attached hydrogen (secondary N) is 1. The van der Waals surface area contributed by atoms with Crippen LogP contribution in [-0.4, -0.2) is 51.6 Å². The predicted octanol–water partition coefficient (Wildman–Crippen LogP) is 2.85. The number of aromatic nitrogens is 2. The zero-order chi connectivity index (χ0) is 18.5. The third-order valence-corrected chi connectivity index (χ3v) is 5.12. The molecule has 2 aromatic rings. The number of carbonyl (C=O) groups is 1. The highest BCUT2D eigenvalue weighted by Gasteiger charge is 2.31. The molecule has 3 rings (SSSR count). The second kappa shape index (κ2) is 8.45. The highest BCUT2D eigenvalue weighted by molar-refractivity contribution is 5.77. The first-order chi connectivity index (χ1) is 12.5. The molecule has 0 bridgehead atoms. The summed E-state index contributed by atoms with van der Waals surface area (Å²) in [6.45, 7) is 7.42. The van der Waals surface area contributed by atoms with Crippen molar-refractivity contribution in [1.29, 1.82) is 0 Å². The minimum atomic E-state index is -0.248. The number of hydrogen-bond donors (Lipinski definition) is 1.